The van der Waals surface area contributed by atoms with Crippen LogP contribution in [0.1, 0.15) is 24.0 Å². The van der Waals surface area contributed by atoms with Crippen molar-refractivity contribution in [1.82, 2.24) is 15.5 Å². The first-order valence-corrected chi connectivity index (χ1v) is 11.2. The third-order valence-corrected chi connectivity index (χ3v) is 5.80. The molecule has 2 aromatic rings. The zero-order valence-corrected chi connectivity index (χ0v) is 18.2. The fraction of sp³-hybridized carbons (Fsp3) is 0.500. The highest BCUT2D eigenvalue weighted by Gasteiger charge is 2.11. The van der Waals surface area contributed by atoms with E-state index in [-0.39, 0.29) is 0 Å². The van der Waals surface area contributed by atoms with E-state index in [1.165, 1.54) is 5.56 Å². The first kappa shape index (κ1) is 21.6. The first-order valence-electron chi connectivity index (χ1n) is 10.2. The molecule has 7 heteroatoms. The Labute approximate surface area is 177 Å². The van der Waals surface area contributed by atoms with Crippen LogP contribution in [0, 0.1) is 0 Å². The molecule has 6 nitrogen and oxygen atoms in total. The van der Waals surface area contributed by atoms with Crippen LogP contribution in [-0.2, 0) is 11.3 Å². The van der Waals surface area contributed by atoms with E-state index >= 15 is 0 Å². The van der Waals surface area contributed by atoms with Gasteiger partial charge in [-0.25, -0.2) is 0 Å². The number of morpholine rings is 1. The van der Waals surface area contributed by atoms with Crippen molar-refractivity contribution in [2.24, 2.45) is 4.99 Å². The summed E-state index contributed by atoms with van der Waals surface area (Å²) >= 11 is 1.74. The molecule has 0 aliphatic carbocycles. The molecular weight excluding hydrogens is 384 g/mol. The first-order chi connectivity index (χ1) is 14.3. The molecule has 29 heavy (non-hydrogen) atoms. The van der Waals surface area contributed by atoms with Crippen LogP contribution >= 0.6 is 11.3 Å². The monoisotopic (exact) mass is 416 g/mol. The van der Waals surface area contributed by atoms with Gasteiger partial charge in [-0.15, -0.1) is 0 Å². The van der Waals surface area contributed by atoms with Gasteiger partial charge in [-0.05, 0) is 34.4 Å². The summed E-state index contributed by atoms with van der Waals surface area (Å²) in [5.74, 6) is 2.17. The van der Waals surface area contributed by atoms with E-state index in [0.717, 1.165) is 56.7 Å². The van der Waals surface area contributed by atoms with E-state index in [4.69, 9.17) is 9.47 Å². The van der Waals surface area contributed by atoms with Crippen LogP contribution in [0.5, 0.6) is 5.75 Å². The van der Waals surface area contributed by atoms with E-state index < -0.39 is 0 Å². The lowest BCUT2D eigenvalue weighted by atomic mass is 10.1. The van der Waals surface area contributed by atoms with Crippen LogP contribution in [0.15, 0.2) is 46.1 Å². The van der Waals surface area contributed by atoms with Gasteiger partial charge in [0.1, 0.15) is 12.4 Å². The number of thiophene rings is 1. The third-order valence-electron chi connectivity index (χ3n) is 5.10. The number of hydrogen-bond acceptors (Lipinski definition) is 5. The van der Waals surface area contributed by atoms with Gasteiger partial charge in [-0.1, -0.05) is 25.1 Å². The molecule has 158 valence electrons. The molecule has 1 saturated heterocycles. The Balaban J connectivity index is 1.45. The molecule has 1 aromatic heterocycles. The molecule has 0 spiro atoms. The molecule has 0 radical (unpaired) electrons. The molecule has 0 bridgehead atoms. The molecule has 0 amide bonds. The van der Waals surface area contributed by atoms with Crippen LogP contribution < -0.4 is 15.4 Å². The Morgan fingerprint density at radius 1 is 1.24 bits per heavy atom. The fourth-order valence-corrected chi connectivity index (χ4v) is 4.01. The van der Waals surface area contributed by atoms with Crippen molar-refractivity contribution in [3.63, 3.8) is 0 Å². The van der Waals surface area contributed by atoms with Crippen molar-refractivity contribution in [2.75, 3.05) is 53.0 Å². The van der Waals surface area contributed by atoms with Crippen LogP contribution in [0.2, 0.25) is 0 Å². The maximum Gasteiger partial charge on any atom is 0.191 e. The summed E-state index contributed by atoms with van der Waals surface area (Å²) < 4.78 is 11.5. The molecule has 3 rings (SSSR count). The smallest absolute Gasteiger partial charge is 0.191 e. The van der Waals surface area contributed by atoms with Crippen molar-refractivity contribution in [3.05, 3.63) is 52.2 Å². The third kappa shape index (κ3) is 7.03. The highest BCUT2D eigenvalue weighted by Crippen LogP contribution is 2.18. The van der Waals surface area contributed by atoms with Gasteiger partial charge in [0.05, 0.1) is 13.2 Å². The van der Waals surface area contributed by atoms with Crippen LogP contribution in [-0.4, -0.2) is 63.9 Å². The minimum absolute atomic E-state index is 0.440. The van der Waals surface area contributed by atoms with E-state index in [2.05, 4.69) is 50.3 Å². The number of benzene rings is 1. The van der Waals surface area contributed by atoms with E-state index in [1.54, 1.807) is 18.4 Å². The van der Waals surface area contributed by atoms with Gasteiger partial charge in [0.25, 0.3) is 0 Å². The zero-order chi connectivity index (χ0) is 20.3. The highest BCUT2D eigenvalue weighted by atomic mass is 32.1. The summed E-state index contributed by atoms with van der Waals surface area (Å²) in [7, 11) is 1.80. The molecule has 1 aliphatic heterocycles. The lowest BCUT2D eigenvalue weighted by molar-refractivity contribution is 0.0322. The molecule has 2 N–H and O–H groups in total. The molecule has 1 fully saturated rings. The molecule has 2 heterocycles. The molecule has 0 saturated carbocycles. The van der Waals surface area contributed by atoms with Crippen molar-refractivity contribution < 1.29 is 9.47 Å². The number of nitrogens with one attached hydrogen (secondary N) is 2. The van der Waals surface area contributed by atoms with Gasteiger partial charge in [0.15, 0.2) is 5.96 Å². The average molecular weight is 417 g/mol. The van der Waals surface area contributed by atoms with Crippen LogP contribution in [0.4, 0.5) is 0 Å². The number of guanidine groups is 1. The summed E-state index contributed by atoms with van der Waals surface area (Å²) in [6.07, 6.45) is 0. The van der Waals surface area contributed by atoms with Gasteiger partial charge in [-0.3, -0.25) is 9.89 Å². The topological polar surface area (TPSA) is 58.1 Å². The van der Waals surface area contributed by atoms with E-state index in [0.29, 0.717) is 19.1 Å². The van der Waals surface area contributed by atoms with Crippen molar-refractivity contribution in [3.8, 4) is 5.75 Å². The van der Waals surface area contributed by atoms with E-state index in [1.807, 2.05) is 18.2 Å². The normalized spacial score (nSPS) is 16.4. The summed E-state index contributed by atoms with van der Waals surface area (Å²) in [4.78, 5) is 6.73. The maximum absolute atomic E-state index is 6.07. The molecular formula is C22H32N4O2S. The highest BCUT2D eigenvalue weighted by molar-refractivity contribution is 7.07. The SMILES string of the molecule is CN=C(NCc1ccccc1OCCN1CCOCC1)NCC(C)c1ccsc1. The Kier molecular flexibility index (Phi) is 8.80. The predicted octanol–water partition coefficient (Wildman–Crippen LogP) is 2.93. The second-order valence-corrected chi connectivity index (χ2v) is 7.95. The maximum atomic E-state index is 6.07. The van der Waals surface area contributed by atoms with Crippen molar-refractivity contribution in [1.29, 1.82) is 0 Å². The van der Waals surface area contributed by atoms with Crippen LogP contribution in [0.3, 0.4) is 0 Å². The summed E-state index contributed by atoms with van der Waals surface area (Å²) in [5.41, 5.74) is 2.49. The number of aliphatic imine (C=N–C) groups is 1. The molecule has 1 unspecified atom stereocenters. The Morgan fingerprint density at radius 2 is 2.07 bits per heavy atom. The van der Waals surface area contributed by atoms with Gasteiger partial charge in [-0.2, -0.15) is 11.3 Å². The van der Waals surface area contributed by atoms with Gasteiger partial charge >= 0.3 is 0 Å². The summed E-state index contributed by atoms with van der Waals surface area (Å²) in [5, 5.41) is 11.1. The Bertz CT molecular complexity index is 745. The van der Waals surface area contributed by atoms with Crippen LogP contribution in [0.25, 0.3) is 0 Å². The zero-order valence-electron chi connectivity index (χ0n) is 17.4. The average Bonchev–Trinajstić information content (AvgIpc) is 3.30. The van der Waals surface area contributed by atoms with Gasteiger partial charge in [0, 0.05) is 45.3 Å². The second kappa shape index (κ2) is 11.8. The number of hydrogen-bond donors (Lipinski definition) is 2. The number of nitrogens with zero attached hydrogens (tertiary/aromatic N) is 2. The molecule has 1 atom stereocenters. The minimum Gasteiger partial charge on any atom is -0.492 e. The van der Waals surface area contributed by atoms with Gasteiger partial charge < -0.3 is 20.1 Å². The minimum atomic E-state index is 0.440. The largest absolute Gasteiger partial charge is 0.492 e. The van der Waals surface area contributed by atoms with Gasteiger partial charge in [0.2, 0.25) is 0 Å². The van der Waals surface area contributed by atoms with E-state index in [9.17, 15) is 0 Å². The quantitative estimate of drug-likeness (QED) is 0.486. The second-order valence-electron chi connectivity index (χ2n) is 7.17. The number of para-hydroxylation sites is 1. The predicted molar refractivity (Wildman–Crippen MR) is 120 cm³/mol. The molecule has 1 aromatic carbocycles. The molecule has 1 aliphatic rings. The number of rotatable bonds is 9. The Hall–Kier alpha value is -2.09. The summed E-state index contributed by atoms with van der Waals surface area (Å²) in [6.45, 7) is 8.94. The lowest BCUT2D eigenvalue weighted by Gasteiger charge is -2.26. The Morgan fingerprint density at radius 3 is 2.83 bits per heavy atom. The van der Waals surface area contributed by atoms with Crippen molar-refractivity contribution in [2.45, 2.75) is 19.4 Å². The van der Waals surface area contributed by atoms with Crippen molar-refractivity contribution >= 4 is 17.3 Å². The fourth-order valence-electron chi connectivity index (χ4n) is 3.22. The standard InChI is InChI=1S/C22H32N4O2S/c1-18(20-7-14-29-17-20)15-24-22(23-2)25-16-19-5-3-4-6-21(19)28-13-10-26-8-11-27-12-9-26/h3-7,14,17-18H,8-13,15-16H2,1-2H3,(H2,23,24,25). The number of ether oxygens (including phenoxy) is 2. The lowest BCUT2D eigenvalue weighted by Crippen LogP contribution is -2.39. The summed E-state index contributed by atoms with van der Waals surface area (Å²) in [6, 6.07) is 10.4.